The second kappa shape index (κ2) is 11.9. The topological polar surface area (TPSA) is 124 Å². The number of fused-ring (bicyclic) bond motifs is 3. The maximum absolute atomic E-state index is 14.0. The van der Waals surface area contributed by atoms with Crippen LogP contribution in [-0.2, 0) is 30.2 Å². The van der Waals surface area contributed by atoms with Crippen molar-refractivity contribution < 1.29 is 43.5 Å². The Morgan fingerprint density at radius 2 is 1.93 bits per heavy atom. The van der Waals surface area contributed by atoms with Gasteiger partial charge in [-0.25, -0.2) is 4.79 Å². The average molecular weight is 586 g/mol. The zero-order chi connectivity index (χ0) is 30.1. The largest absolute Gasteiger partial charge is 0.497 e. The van der Waals surface area contributed by atoms with Crippen LogP contribution in [0.2, 0.25) is 0 Å². The summed E-state index contributed by atoms with van der Waals surface area (Å²) in [5, 5.41) is 21.9. The summed E-state index contributed by atoms with van der Waals surface area (Å²) in [7, 11) is 1.56. The van der Waals surface area contributed by atoms with Crippen molar-refractivity contribution in [1.29, 1.82) is 0 Å². The van der Waals surface area contributed by atoms with Crippen LogP contribution >= 0.6 is 0 Å². The summed E-state index contributed by atoms with van der Waals surface area (Å²) in [6, 6.07) is 4.01. The molecule has 1 fully saturated rings. The summed E-state index contributed by atoms with van der Waals surface area (Å²) >= 11 is 0. The van der Waals surface area contributed by atoms with E-state index in [1.807, 2.05) is 12.1 Å². The molecule has 0 amide bonds. The minimum absolute atomic E-state index is 0.0383. The molecule has 230 valence electrons. The summed E-state index contributed by atoms with van der Waals surface area (Å²) in [6.07, 6.45) is 7.29. The first-order valence-corrected chi connectivity index (χ1v) is 14.9. The van der Waals surface area contributed by atoms with Gasteiger partial charge in [0.2, 0.25) is 6.79 Å². The van der Waals surface area contributed by atoms with Gasteiger partial charge < -0.3 is 33.9 Å². The highest BCUT2D eigenvalue weighted by atomic mass is 16.7. The third kappa shape index (κ3) is 5.89. The summed E-state index contributed by atoms with van der Waals surface area (Å²) in [4.78, 5) is 29.1. The van der Waals surface area contributed by atoms with E-state index in [1.165, 1.54) is 0 Å². The van der Waals surface area contributed by atoms with Gasteiger partial charge in [0, 0.05) is 6.54 Å². The highest BCUT2D eigenvalue weighted by Gasteiger charge is 2.59. The van der Waals surface area contributed by atoms with Gasteiger partial charge in [-0.15, -0.1) is 0 Å². The smallest absolute Gasteiger partial charge is 0.339 e. The number of benzene rings is 1. The van der Waals surface area contributed by atoms with E-state index in [4.69, 9.17) is 23.7 Å². The molecule has 0 bridgehead atoms. The molecule has 10 nitrogen and oxygen atoms in total. The van der Waals surface area contributed by atoms with Crippen molar-refractivity contribution in [3.8, 4) is 11.5 Å². The molecule has 10 heteroatoms. The molecule has 3 heterocycles. The molecule has 3 aliphatic heterocycles. The van der Waals surface area contributed by atoms with E-state index in [0.29, 0.717) is 30.1 Å². The number of rotatable bonds is 11. The van der Waals surface area contributed by atoms with Crippen LogP contribution in [0.1, 0.15) is 76.3 Å². The lowest BCUT2D eigenvalue weighted by Gasteiger charge is -2.39. The van der Waals surface area contributed by atoms with Crippen molar-refractivity contribution in [3.05, 3.63) is 47.2 Å². The number of methoxy groups -OCH3 is 1. The summed E-state index contributed by atoms with van der Waals surface area (Å²) in [5.74, 6) is -0.0707. The maximum atomic E-state index is 14.0. The zero-order valence-corrected chi connectivity index (χ0v) is 25.0. The first-order chi connectivity index (χ1) is 20.0. The molecule has 5 rings (SSSR count). The molecular formula is C32H43NO9. The predicted octanol–water partition coefficient (Wildman–Crippen LogP) is 3.53. The number of aliphatic hydroxyl groups is 2. The van der Waals surface area contributed by atoms with E-state index < -0.39 is 41.2 Å². The van der Waals surface area contributed by atoms with E-state index in [0.717, 1.165) is 43.5 Å². The van der Waals surface area contributed by atoms with Gasteiger partial charge in [0.25, 0.3) is 0 Å². The van der Waals surface area contributed by atoms with Crippen molar-refractivity contribution in [2.45, 2.75) is 94.5 Å². The van der Waals surface area contributed by atoms with Crippen LogP contribution in [0.15, 0.2) is 36.1 Å². The Morgan fingerprint density at radius 3 is 2.64 bits per heavy atom. The summed E-state index contributed by atoms with van der Waals surface area (Å²) in [6.45, 7) is 7.05. The van der Waals surface area contributed by atoms with Crippen LogP contribution in [0.3, 0.4) is 0 Å². The van der Waals surface area contributed by atoms with Crippen molar-refractivity contribution in [2.75, 3.05) is 33.6 Å². The van der Waals surface area contributed by atoms with Crippen LogP contribution < -0.4 is 9.47 Å². The first kappa shape index (κ1) is 30.4. The number of ether oxygens (including phenoxy) is 5. The second-order valence-corrected chi connectivity index (χ2v) is 12.4. The van der Waals surface area contributed by atoms with Gasteiger partial charge in [-0.1, -0.05) is 12.2 Å². The van der Waals surface area contributed by atoms with Crippen molar-refractivity contribution in [3.63, 3.8) is 0 Å². The Labute approximate surface area is 247 Å². The molecule has 1 aromatic rings. The van der Waals surface area contributed by atoms with Gasteiger partial charge in [0.05, 0.1) is 30.6 Å². The lowest BCUT2D eigenvalue weighted by atomic mass is 9.77. The molecule has 4 atom stereocenters. The minimum Gasteiger partial charge on any atom is -0.497 e. The number of nitrogens with zero attached hydrogens (tertiary/aromatic N) is 1. The highest BCUT2D eigenvalue weighted by molar-refractivity contribution is 5.86. The molecule has 1 aliphatic carbocycles. The van der Waals surface area contributed by atoms with Crippen LogP contribution in [-0.4, -0.2) is 83.5 Å². The molecule has 0 aromatic heterocycles. The van der Waals surface area contributed by atoms with Gasteiger partial charge in [0.1, 0.15) is 12.4 Å². The number of esters is 2. The summed E-state index contributed by atoms with van der Waals surface area (Å²) < 4.78 is 28.7. The van der Waals surface area contributed by atoms with Crippen molar-refractivity contribution in [2.24, 2.45) is 0 Å². The number of hydrogen-bond donors (Lipinski definition) is 2. The van der Waals surface area contributed by atoms with E-state index in [1.54, 1.807) is 40.0 Å². The first-order valence-electron chi connectivity index (χ1n) is 14.9. The van der Waals surface area contributed by atoms with Crippen LogP contribution in [0.4, 0.5) is 0 Å². The van der Waals surface area contributed by atoms with Crippen molar-refractivity contribution >= 4 is 11.9 Å². The Morgan fingerprint density at radius 1 is 1.17 bits per heavy atom. The number of allylic oxidation sites excluding steroid dienone is 1. The second-order valence-electron chi connectivity index (χ2n) is 12.4. The molecule has 2 N–H and O–H groups in total. The van der Waals surface area contributed by atoms with Crippen molar-refractivity contribution in [1.82, 2.24) is 4.90 Å². The monoisotopic (exact) mass is 585 g/mol. The van der Waals surface area contributed by atoms with Gasteiger partial charge >= 0.3 is 11.9 Å². The molecule has 3 unspecified atom stereocenters. The fourth-order valence-electron chi connectivity index (χ4n) is 6.92. The normalized spacial score (nSPS) is 26.1. The van der Waals surface area contributed by atoms with Gasteiger partial charge in [-0.05, 0) is 95.2 Å². The highest BCUT2D eigenvalue weighted by Crippen LogP contribution is 2.55. The van der Waals surface area contributed by atoms with Crippen LogP contribution in [0.25, 0.3) is 0 Å². The Bertz CT molecular complexity index is 1250. The molecular weight excluding hydrogens is 542 g/mol. The molecule has 1 aromatic carbocycles. The van der Waals surface area contributed by atoms with Gasteiger partial charge in [-0.3, -0.25) is 9.69 Å². The quantitative estimate of drug-likeness (QED) is 0.294. The fourth-order valence-corrected chi connectivity index (χ4v) is 6.92. The zero-order valence-electron chi connectivity index (χ0n) is 25.0. The molecule has 0 radical (unpaired) electrons. The standard InChI is InChI=1S/C32H43NO9/c1-5-6-15-39-26(34)19-32(37,12-7-10-30(2,3)36)29(35)42-28-25(38-4)18-31-11-8-13-33(31)14-9-21-16-23-24(41-20-40-23)17-22(21)27(28)31/h5-6,16-18,27-28,36-37H,7-15,19-20H2,1-4H3/b6-5+/t27-,28?,31?,32?/m1/s1. The Balaban J connectivity index is 1.47. The fraction of sp³-hybridized carbons (Fsp3) is 0.625. The number of carbonyl (C=O) groups excluding carboxylic acids is 2. The van der Waals surface area contributed by atoms with Crippen LogP contribution in [0.5, 0.6) is 11.5 Å². The molecule has 42 heavy (non-hydrogen) atoms. The third-order valence-corrected chi connectivity index (χ3v) is 8.97. The van der Waals surface area contributed by atoms with Gasteiger partial charge in [0.15, 0.2) is 23.2 Å². The van der Waals surface area contributed by atoms with E-state index in [2.05, 4.69) is 11.0 Å². The third-order valence-electron chi connectivity index (χ3n) is 8.97. The van der Waals surface area contributed by atoms with E-state index in [-0.39, 0.29) is 25.7 Å². The lowest BCUT2D eigenvalue weighted by Crippen LogP contribution is -2.49. The number of carbonyl (C=O) groups is 2. The molecule has 4 aliphatic rings. The minimum atomic E-state index is -2.15. The molecule has 1 saturated heterocycles. The van der Waals surface area contributed by atoms with E-state index in [9.17, 15) is 19.8 Å². The Hall–Kier alpha value is -3.08. The average Bonchev–Trinajstić information content (AvgIpc) is 3.61. The molecule has 0 saturated carbocycles. The molecule has 1 spiro atoms. The Kier molecular flexibility index (Phi) is 8.60. The summed E-state index contributed by atoms with van der Waals surface area (Å²) in [5.41, 5.74) is -1.48. The predicted molar refractivity (Wildman–Crippen MR) is 153 cm³/mol. The van der Waals surface area contributed by atoms with E-state index >= 15 is 0 Å². The number of hydrogen-bond acceptors (Lipinski definition) is 10. The SMILES string of the molecule is C/C=C/COC(=O)CC(O)(CCCC(C)(C)O)C(=O)OC1C(OC)=CC23CCCN2CCc2cc4c(cc2[C@H]13)OCO4. The van der Waals surface area contributed by atoms with Gasteiger partial charge in [-0.2, -0.15) is 0 Å². The lowest BCUT2D eigenvalue weighted by molar-refractivity contribution is -0.179. The van der Waals surface area contributed by atoms with Crippen LogP contribution in [0, 0.1) is 0 Å². The maximum Gasteiger partial charge on any atom is 0.339 e.